The smallest absolute Gasteiger partial charge is 0.0323 e. The first kappa shape index (κ1) is 15.7. The molecule has 2 aromatic rings. The number of nitrogens with one attached hydrogen (secondary N) is 1. The van der Waals surface area contributed by atoms with Crippen molar-refractivity contribution in [1.82, 2.24) is 5.32 Å². The van der Waals surface area contributed by atoms with E-state index in [2.05, 4.69) is 79.3 Å². The van der Waals surface area contributed by atoms with Crippen molar-refractivity contribution in [1.29, 1.82) is 0 Å². The largest absolute Gasteiger partial charge is 0.303 e. The van der Waals surface area contributed by atoms with Crippen LogP contribution in [0.3, 0.4) is 0 Å². The Labute approximate surface area is 134 Å². The number of rotatable bonds is 5. The van der Waals surface area contributed by atoms with Gasteiger partial charge in [-0.3, -0.25) is 0 Å². The van der Waals surface area contributed by atoms with Gasteiger partial charge < -0.3 is 5.32 Å². The molecule has 1 aromatic carbocycles. The zero-order chi connectivity index (χ0) is 14.7. The second kappa shape index (κ2) is 6.88. The monoisotopic (exact) mass is 351 g/mol. The van der Waals surface area contributed by atoms with Gasteiger partial charge in [-0.1, -0.05) is 35.0 Å². The van der Waals surface area contributed by atoms with Crippen LogP contribution in [0.15, 0.2) is 34.8 Å². The Bertz CT molecular complexity index is 559. The second-order valence-electron chi connectivity index (χ2n) is 5.27. The van der Waals surface area contributed by atoms with Crippen molar-refractivity contribution in [3.63, 3.8) is 0 Å². The number of hydrogen-bond acceptors (Lipinski definition) is 2. The van der Waals surface area contributed by atoms with Gasteiger partial charge in [0.2, 0.25) is 0 Å². The molecule has 1 N–H and O–H groups in total. The summed E-state index contributed by atoms with van der Waals surface area (Å²) in [4.78, 5) is 2.82. The van der Waals surface area contributed by atoms with Crippen molar-refractivity contribution in [3.05, 3.63) is 55.7 Å². The highest BCUT2D eigenvalue weighted by Gasteiger charge is 2.16. The molecular weight excluding hydrogens is 330 g/mol. The van der Waals surface area contributed by atoms with E-state index in [9.17, 15) is 0 Å². The summed E-state index contributed by atoms with van der Waals surface area (Å²) in [6.07, 6.45) is 1.09. The van der Waals surface area contributed by atoms with Crippen LogP contribution < -0.4 is 5.32 Å². The van der Waals surface area contributed by atoms with Gasteiger partial charge in [-0.25, -0.2) is 0 Å². The van der Waals surface area contributed by atoms with Crippen molar-refractivity contribution < 1.29 is 0 Å². The molecule has 1 aromatic heterocycles. The molecular formula is C17H22BrNS. The van der Waals surface area contributed by atoms with E-state index in [0.717, 1.165) is 10.9 Å². The van der Waals surface area contributed by atoms with E-state index in [0.29, 0.717) is 12.1 Å². The van der Waals surface area contributed by atoms with E-state index in [1.165, 1.54) is 20.9 Å². The number of hydrogen-bond donors (Lipinski definition) is 1. The van der Waals surface area contributed by atoms with Gasteiger partial charge in [-0.15, -0.1) is 11.3 Å². The van der Waals surface area contributed by atoms with Crippen LogP contribution in [-0.2, 0) is 0 Å². The molecule has 0 aliphatic rings. The molecule has 3 heteroatoms. The number of thiophene rings is 1. The SMILES string of the molecule is CCC(NC(C)c1cc(C)sc1C)c1ccc(Br)cc1. The van der Waals surface area contributed by atoms with Crippen LogP contribution in [-0.4, -0.2) is 0 Å². The molecule has 0 aliphatic carbocycles. The van der Waals surface area contributed by atoms with Crippen LogP contribution in [0.5, 0.6) is 0 Å². The summed E-state index contributed by atoms with van der Waals surface area (Å²) in [7, 11) is 0. The lowest BCUT2D eigenvalue weighted by molar-refractivity contribution is 0.456. The van der Waals surface area contributed by atoms with E-state index in [1.807, 2.05) is 11.3 Å². The molecule has 0 saturated heterocycles. The molecule has 2 atom stereocenters. The summed E-state index contributed by atoms with van der Waals surface area (Å²) < 4.78 is 1.13. The lowest BCUT2D eigenvalue weighted by Gasteiger charge is -2.23. The van der Waals surface area contributed by atoms with Gasteiger partial charge in [-0.05, 0) is 56.5 Å². The maximum Gasteiger partial charge on any atom is 0.0323 e. The van der Waals surface area contributed by atoms with Gasteiger partial charge in [0.25, 0.3) is 0 Å². The first-order chi connectivity index (χ1) is 9.51. The summed E-state index contributed by atoms with van der Waals surface area (Å²) in [6, 6.07) is 11.7. The predicted molar refractivity (Wildman–Crippen MR) is 92.5 cm³/mol. The third-order valence-electron chi connectivity index (χ3n) is 3.68. The Balaban J connectivity index is 2.13. The average Bonchev–Trinajstić information content (AvgIpc) is 2.76. The third-order valence-corrected chi connectivity index (χ3v) is 5.19. The molecule has 108 valence electrons. The van der Waals surface area contributed by atoms with E-state index >= 15 is 0 Å². The van der Waals surface area contributed by atoms with Crippen LogP contribution in [0.2, 0.25) is 0 Å². The molecule has 1 nitrogen and oxygen atoms in total. The van der Waals surface area contributed by atoms with E-state index in [1.54, 1.807) is 0 Å². The molecule has 0 fully saturated rings. The molecule has 0 amide bonds. The highest BCUT2D eigenvalue weighted by atomic mass is 79.9. The van der Waals surface area contributed by atoms with Gasteiger partial charge in [0.1, 0.15) is 0 Å². The molecule has 2 rings (SSSR count). The normalized spacial score (nSPS) is 14.2. The molecule has 20 heavy (non-hydrogen) atoms. The van der Waals surface area contributed by atoms with Crippen molar-refractivity contribution >= 4 is 27.3 Å². The third kappa shape index (κ3) is 3.72. The summed E-state index contributed by atoms with van der Waals surface area (Å²) in [5.74, 6) is 0. The second-order valence-corrected chi connectivity index (χ2v) is 7.65. The fraction of sp³-hybridized carbons (Fsp3) is 0.412. The first-order valence-corrected chi connectivity index (χ1v) is 8.70. The molecule has 0 bridgehead atoms. The summed E-state index contributed by atoms with van der Waals surface area (Å²) in [5.41, 5.74) is 2.79. The highest BCUT2D eigenvalue weighted by Crippen LogP contribution is 2.29. The highest BCUT2D eigenvalue weighted by molar-refractivity contribution is 9.10. The maximum absolute atomic E-state index is 3.76. The number of aryl methyl sites for hydroxylation is 2. The van der Waals surface area contributed by atoms with Gasteiger partial charge >= 0.3 is 0 Å². The zero-order valence-corrected chi connectivity index (χ0v) is 14.9. The van der Waals surface area contributed by atoms with Crippen molar-refractivity contribution in [2.75, 3.05) is 0 Å². The maximum atomic E-state index is 3.76. The van der Waals surface area contributed by atoms with E-state index in [4.69, 9.17) is 0 Å². The fourth-order valence-electron chi connectivity index (χ4n) is 2.62. The van der Waals surface area contributed by atoms with Gasteiger partial charge in [-0.2, -0.15) is 0 Å². The topological polar surface area (TPSA) is 12.0 Å². The van der Waals surface area contributed by atoms with Crippen LogP contribution in [0.4, 0.5) is 0 Å². The Morgan fingerprint density at radius 1 is 1.20 bits per heavy atom. The van der Waals surface area contributed by atoms with E-state index < -0.39 is 0 Å². The average molecular weight is 352 g/mol. The number of benzene rings is 1. The molecule has 0 aliphatic heterocycles. The van der Waals surface area contributed by atoms with Crippen LogP contribution in [0, 0.1) is 13.8 Å². The van der Waals surface area contributed by atoms with Gasteiger partial charge in [0.15, 0.2) is 0 Å². The Morgan fingerprint density at radius 3 is 2.35 bits per heavy atom. The molecule has 2 unspecified atom stereocenters. The molecule has 0 radical (unpaired) electrons. The van der Waals surface area contributed by atoms with Gasteiger partial charge in [0.05, 0.1) is 0 Å². The van der Waals surface area contributed by atoms with Gasteiger partial charge in [0, 0.05) is 26.3 Å². The van der Waals surface area contributed by atoms with Crippen molar-refractivity contribution in [2.24, 2.45) is 0 Å². The minimum absolute atomic E-state index is 0.383. The lowest BCUT2D eigenvalue weighted by atomic mass is 10.0. The number of halogens is 1. The molecule has 0 spiro atoms. The van der Waals surface area contributed by atoms with Crippen molar-refractivity contribution in [2.45, 2.75) is 46.2 Å². The molecule has 1 heterocycles. The Morgan fingerprint density at radius 2 is 1.85 bits per heavy atom. The standard InChI is InChI=1S/C17H22BrNS/c1-5-17(14-6-8-15(18)9-7-14)19-12(3)16-10-11(2)20-13(16)4/h6-10,12,17,19H,5H2,1-4H3. The van der Waals surface area contributed by atoms with Crippen molar-refractivity contribution in [3.8, 4) is 0 Å². The van der Waals surface area contributed by atoms with Crippen LogP contribution >= 0.6 is 27.3 Å². The lowest BCUT2D eigenvalue weighted by Crippen LogP contribution is -2.24. The van der Waals surface area contributed by atoms with E-state index in [-0.39, 0.29) is 0 Å². The summed E-state index contributed by atoms with van der Waals surface area (Å²) in [5, 5.41) is 3.76. The fourth-order valence-corrected chi connectivity index (χ4v) is 3.90. The Kier molecular flexibility index (Phi) is 5.42. The predicted octanol–water partition coefficient (Wildman–Crippen LogP) is 5.93. The minimum atomic E-state index is 0.383. The zero-order valence-electron chi connectivity index (χ0n) is 12.5. The minimum Gasteiger partial charge on any atom is -0.303 e. The summed E-state index contributed by atoms with van der Waals surface area (Å²) in [6.45, 7) is 8.89. The first-order valence-electron chi connectivity index (χ1n) is 7.09. The quantitative estimate of drug-likeness (QED) is 0.703. The van der Waals surface area contributed by atoms with Crippen LogP contribution in [0.1, 0.15) is 53.2 Å². The summed E-state index contributed by atoms with van der Waals surface area (Å²) >= 11 is 5.38. The molecule has 0 saturated carbocycles. The van der Waals surface area contributed by atoms with Crippen LogP contribution in [0.25, 0.3) is 0 Å². The Hall–Kier alpha value is -0.640.